The maximum atomic E-state index is 8.58. The average molecular weight is 387 g/mol. The van der Waals surface area contributed by atoms with Crippen LogP contribution in [-0.4, -0.2) is 71.0 Å². The molecule has 0 aromatic carbocycles. The van der Waals surface area contributed by atoms with E-state index in [4.69, 9.17) is 34.0 Å². The molecule has 0 amide bonds. The van der Waals surface area contributed by atoms with E-state index in [0.29, 0.717) is 59.4 Å². The van der Waals surface area contributed by atoms with Gasteiger partial charge in [-0.15, -0.1) is 0 Å². The third-order valence-electron chi connectivity index (χ3n) is 4.48. The highest BCUT2D eigenvalue weighted by Gasteiger charge is 2.29. The molecule has 0 spiro atoms. The van der Waals surface area contributed by atoms with Gasteiger partial charge in [-0.25, -0.2) is 0 Å². The minimum atomic E-state index is -0.518. The fraction of sp³-hybridized carbons (Fsp3) is 1.00. The zero-order valence-corrected chi connectivity index (χ0v) is 16.9. The Labute approximate surface area is 161 Å². The SMILES string of the molecule is CC1(C)OCC(COCC(CN=[N+]=[N-])COCC2COC(C)(C)OC2)CO1. The van der Waals surface area contributed by atoms with Crippen molar-refractivity contribution in [2.24, 2.45) is 22.9 Å². The predicted octanol–water partition coefficient (Wildman–Crippen LogP) is 2.74. The summed E-state index contributed by atoms with van der Waals surface area (Å²) < 4.78 is 34.1. The second-order valence-corrected chi connectivity index (χ2v) is 8.13. The molecule has 2 aliphatic rings. The van der Waals surface area contributed by atoms with Gasteiger partial charge in [-0.05, 0) is 33.2 Å². The summed E-state index contributed by atoms with van der Waals surface area (Å²) in [5.74, 6) is -0.616. The molecule has 0 N–H and O–H groups in total. The molecule has 0 radical (unpaired) electrons. The first kappa shape index (κ1) is 22.4. The maximum Gasteiger partial charge on any atom is 0.162 e. The van der Waals surface area contributed by atoms with Crippen LogP contribution in [0.4, 0.5) is 0 Å². The topological polar surface area (TPSA) is 104 Å². The van der Waals surface area contributed by atoms with E-state index in [9.17, 15) is 0 Å². The van der Waals surface area contributed by atoms with Crippen LogP contribution in [0.1, 0.15) is 27.7 Å². The monoisotopic (exact) mass is 387 g/mol. The molecule has 9 heteroatoms. The van der Waals surface area contributed by atoms with Gasteiger partial charge >= 0.3 is 0 Å². The fourth-order valence-corrected chi connectivity index (χ4v) is 2.75. The van der Waals surface area contributed by atoms with E-state index in [1.165, 1.54) is 0 Å². The largest absolute Gasteiger partial charge is 0.381 e. The molecule has 0 aromatic heterocycles. The van der Waals surface area contributed by atoms with E-state index in [1.807, 2.05) is 27.7 Å². The summed E-state index contributed by atoms with van der Waals surface area (Å²) in [5.41, 5.74) is 8.58. The minimum Gasteiger partial charge on any atom is -0.381 e. The second-order valence-electron chi connectivity index (χ2n) is 8.13. The van der Waals surface area contributed by atoms with E-state index >= 15 is 0 Å². The van der Waals surface area contributed by atoms with Gasteiger partial charge in [0, 0.05) is 29.2 Å². The first-order valence-electron chi connectivity index (χ1n) is 9.52. The van der Waals surface area contributed by atoms with Crippen molar-refractivity contribution >= 4 is 0 Å². The van der Waals surface area contributed by atoms with Crippen molar-refractivity contribution in [3.8, 4) is 0 Å². The van der Waals surface area contributed by atoms with Crippen molar-refractivity contribution in [1.29, 1.82) is 0 Å². The van der Waals surface area contributed by atoms with Crippen LogP contribution in [0.3, 0.4) is 0 Å². The van der Waals surface area contributed by atoms with Crippen molar-refractivity contribution in [1.82, 2.24) is 0 Å². The van der Waals surface area contributed by atoms with Crippen molar-refractivity contribution in [3.63, 3.8) is 0 Å². The van der Waals surface area contributed by atoms with Crippen LogP contribution < -0.4 is 0 Å². The summed E-state index contributed by atoms with van der Waals surface area (Å²) in [6.07, 6.45) is 0. The summed E-state index contributed by atoms with van der Waals surface area (Å²) in [7, 11) is 0. The summed E-state index contributed by atoms with van der Waals surface area (Å²) >= 11 is 0. The van der Waals surface area contributed by atoms with Gasteiger partial charge in [0.2, 0.25) is 0 Å². The molecular formula is C18H33N3O6. The Kier molecular flexibility index (Phi) is 8.75. The quantitative estimate of drug-likeness (QED) is 0.324. The fourth-order valence-electron chi connectivity index (χ4n) is 2.75. The van der Waals surface area contributed by atoms with Gasteiger partial charge in [-0.2, -0.15) is 0 Å². The summed E-state index contributed by atoms with van der Waals surface area (Å²) in [5, 5.41) is 3.66. The smallest absolute Gasteiger partial charge is 0.162 e. The molecule has 0 bridgehead atoms. The first-order chi connectivity index (χ1) is 12.8. The van der Waals surface area contributed by atoms with Gasteiger partial charge in [-0.1, -0.05) is 5.11 Å². The second kappa shape index (κ2) is 10.6. The summed E-state index contributed by atoms with van der Waals surface area (Å²) in [4.78, 5) is 2.84. The van der Waals surface area contributed by atoms with Crippen LogP contribution in [0.2, 0.25) is 0 Å². The number of hydrogen-bond acceptors (Lipinski definition) is 7. The highest BCUT2D eigenvalue weighted by molar-refractivity contribution is 4.70. The molecule has 2 heterocycles. The summed E-state index contributed by atoms with van der Waals surface area (Å²) in [6, 6.07) is 0. The molecule has 2 rings (SSSR count). The molecule has 0 aliphatic carbocycles. The highest BCUT2D eigenvalue weighted by atomic mass is 16.7. The average Bonchev–Trinajstić information content (AvgIpc) is 2.62. The lowest BCUT2D eigenvalue weighted by Gasteiger charge is -2.35. The first-order valence-corrected chi connectivity index (χ1v) is 9.52. The van der Waals surface area contributed by atoms with Crippen LogP contribution >= 0.6 is 0 Å². The molecule has 0 aromatic rings. The predicted molar refractivity (Wildman–Crippen MR) is 98.1 cm³/mol. The number of azide groups is 1. The molecule has 2 aliphatic heterocycles. The molecular weight excluding hydrogens is 354 g/mol. The van der Waals surface area contributed by atoms with Crippen LogP contribution in [0.15, 0.2) is 5.11 Å². The zero-order valence-electron chi connectivity index (χ0n) is 16.9. The molecule has 2 saturated heterocycles. The lowest BCUT2D eigenvalue weighted by molar-refractivity contribution is -0.267. The molecule has 2 fully saturated rings. The third-order valence-corrected chi connectivity index (χ3v) is 4.48. The zero-order chi connectivity index (χ0) is 19.8. The van der Waals surface area contributed by atoms with Crippen LogP contribution in [0.25, 0.3) is 10.4 Å². The van der Waals surface area contributed by atoms with Gasteiger partial charge in [0.15, 0.2) is 11.6 Å². The van der Waals surface area contributed by atoms with Gasteiger partial charge < -0.3 is 28.4 Å². The van der Waals surface area contributed by atoms with Crippen LogP contribution in [0, 0.1) is 17.8 Å². The Bertz CT molecular complexity index is 441. The van der Waals surface area contributed by atoms with E-state index < -0.39 is 11.6 Å². The van der Waals surface area contributed by atoms with Gasteiger partial charge in [0.05, 0.1) is 52.9 Å². The Morgan fingerprint density at radius 2 is 1.30 bits per heavy atom. The highest BCUT2D eigenvalue weighted by Crippen LogP contribution is 2.22. The molecule has 156 valence electrons. The molecule has 0 unspecified atom stereocenters. The Morgan fingerprint density at radius 1 is 0.889 bits per heavy atom. The third kappa shape index (κ3) is 8.74. The van der Waals surface area contributed by atoms with E-state index in [0.717, 1.165) is 0 Å². The molecule has 9 nitrogen and oxygen atoms in total. The molecule has 27 heavy (non-hydrogen) atoms. The maximum absolute atomic E-state index is 8.58. The molecule has 0 atom stereocenters. The minimum absolute atomic E-state index is 0.00429. The lowest BCUT2D eigenvalue weighted by atomic mass is 10.1. The summed E-state index contributed by atoms with van der Waals surface area (Å²) in [6.45, 7) is 12.4. The number of nitrogens with zero attached hydrogens (tertiary/aromatic N) is 3. The normalized spacial score (nSPS) is 23.3. The van der Waals surface area contributed by atoms with E-state index in [2.05, 4.69) is 10.0 Å². The van der Waals surface area contributed by atoms with Gasteiger partial charge in [0.25, 0.3) is 0 Å². The number of ether oxygens (including phenoxy) is 6. The Morgan fingerprint density at radius 3 is 1.67 bits per heavy atom. The Hall–Kier alpha value is -0.930. The van der Waals surface area contributed by atoms with Gasteiger partial charge in [-0.3, -0.25) is 0 Å². The van der Waals surface area contributed by atoms with Crippen molar-refractivity contribution in [3.05, 3.63) is 10.4 Å². The van der Waals surface area contributed by atoms with Crippen LogP contribution in [0.5, 0.6) is 0 Å². The number of hydrogen-bond donors (Lipinski definition) is 0. The lowest BCUT2D eigenvalue weighted by Crippen LogP contribution is -2.41. The van der Waals surface area contributed by atoms with Crippen molar-refractivity contribution in [2.75, 3.05) is 59.4 Å². The van der Waals surface area contributed by atoms with E-state index in [1.54, 1.807) is 0 Å². The standard InChI is InChI=1S/C18H33N3O6/c1-17(2)24-10-15(11-25-17)8-22-6-14(5-20-21-19)7-23-9-16-12-26-18(3,4)27-13-16/h14-16H,5-13H2,1-4H3. The molecule has 0 saturated carbocycles. The van der Waals surface area contributed by atoms with Gasteiger partial charge in [0.1, 0.15) is 0 Å². The Balaban J connectivity index is 1.63. The van der Waals surface area contributed by atoms with Crippen LogP contribution in [-0.2, 0) is 28.4 Å². The number of rotatable bonds is 10. The van der Waals surface area contributed by atoms with Crippen molar-refractivity contribution in [2.45, 2.75) is 39.3 Å². The van der Waals surface area contributed by atoms with Crippen molar-refractivity contribution < 1.29 is 28.4 Å². The van der Waals surface area contributed by atoms with E-state index in [-0.39, 0.29) is 17.8 Å².